The Kier molecular flexibility index (Phi) is 3.15. The van der Waals surface area contributed by atoms with E-state index in [0.717, 1.165) is 6.42 Å². The molecule has 2 bridgehead atoms. The van der Waals surface area contributed by atoms with Gasteiger partial charge in [-0.3, -0.25) is 4.79 Å². The van der Waals surface area contributed by atoms with Gasteiger partial charge in [-0.25, -0.2) is 9.82 Å². The Balaban J connectivity index is 1.59. The van der Waals surface area contributed by atoms with E-state index in [1.54, 1.807) is 18.3 Å². The van der Waals surface area contributed by atoms with Crippen molar-refractivity contribution in [2.24, 2.45) is 22.9 Å². The number of halogens is 1. The standard InChI is InChI=1S/C15H15FN2O/c16-14-4-2-1-3-13(14)15(19)18-17-9-12-8-10-5-6-11(12)7-10/h1-6,9-12H,7-8H2,(H,18,19)/b17-9-/t10-,11-,12-/m0/s1. The minimum atomic E-state index is -0.530. The van der Waals surface area contributed by atoms with Crippen LogP contribution in [0.3, 0.4) is 0 Å². The summed E-state index contributed by atoms with van der Waals surface area (Å²) in [4.78, 5) is 11.7. The van der Waals surface area contributed by atoms with E-state index in [1.807, 2.05) is 0 Å². The second-order valence-electron chi connectivity index (χ2n) is 5.14. The topological polar surface area (TPSA) is 41.5 Å². The van der Waals surface area contributed by atoms with Crippen molar-refractivity contribution < 1.29 is 9.18 Å². The van der Waals surface area contributed by atoms with Crippen molar-refractivity contribution in [2.75, 3.05) is 0 Å². The molecular formula is C15H15FN2O. The molecule has 3 rings (SSSR count). The van der Waals surface area contributed by atoms with E-state index in [0.29, 0.717) is 17.8 Å². The van der Waals surface area contributed by atoms with Crippen LogP contribution in [-0.2, 0) is 0 Å². The molecule has 0 aliphatic heterocycles. The first-order valence-electron chi connectivity index (χ1n) is 6.50. The summed E-state index contributed by atoms with van der Waals surface area (Å²) in [7, 11) is 0. The zero-order valence-electron chi connectivity index (χ0n) is 10.4. The number of fused-ring (bicyclic) bond motifs is 2. The van der Waals surface area contributed by atoms with Gasteiger partial charge in [-0.1, -0.05) is 24.3 Å². The molecule has 1 aromatic carbocycles. The van der Waals surface area contributed by atoms with Crippen LogP contribution in [0.25, 0.3) is 0 Å². The highest BCUT2D eigenvalue weighted by atomic mass is 19.1. The Labute approximate surface area is 111 Å². The van der Waals surface area contributed by atoms with Crippen molar-refractivity contribution in [2.45, 2.75) is 12.8 Å². The third-order valence-electron chi connectivity index (χ3n) is 3.88. The summed E-state index contributed by atoms with van der Waals surface area (Å²) in [6.45, 7) is 0. The molecule has 0 radical (unpaired) electrons. The van der Waals surface area contributed by atoms with Gasteiger partial charge in [0, 0.05) is 12.1 Å². The van der Waals surface area contributed by atoms with Gasteiger partial charge in [0.2, 0.25) is 0 Å². The van der Waals surface area contributed by atoms with Gasteiger partial charge in [0.1, 0.15) is 5.82 Å². The van der Waals surface area contributed by atoms with Crippen molar-refractivity contribution in [1.82, 2.24) is 5.43 Å². The molecule has 1 aromatic rings. The second kappa shape index (κ2) is 4.96. The van der Waals surface area contributed by atoms with Crippen LogP contribution < -0.4 is 5.43 Å². The number of allylic oxidation sites excluding steroid dienone is 2. The van der Waals surface area contributed by atoms with Gasteiger partial charge in [-0.2, -0.15) is 5.10 Å². The van der Waals surface area contributed by atoms with Crippen LogP contribution in [0.5, 0.6) is 0 Å². The Morgan fingerprint density at radius 2 is 2.16 bits per heavy atom. The summed E-state index contributed by atoms with van der Waals surface area (Å²) < 4.78 is 13.4. The van der Waals surface area contributed by atoms with Gasteiger partial charge in [0.05, 0.1) is 5.56 Å². The summed E-state index contributed by atoms with van der Waals surface area (Å²) in [6, 6.07) is 5.89. The number of hydrazone groups is 1. The maximum Gasteiger partial charge on any atom is 0.274 e. The lowest BCUT2D eigenvalue weighted by atomic mass is 9.95. The normalized spacial score (nSPS) is 28.2. The number of nitrogens with one attached hydrogen (secondary N) is 1. The highest BCUT2D eigenvalue weighted by molar-refractivity contribution is 5.94. The lowest BCUT2D eigenvalue weighted by molar-refractivity contribution is 0.0951. The largest absolute Gasteiger partial charge is 0.274 e. The van der Waals surface area contributed by atoms with Gasteiger partial charge in [-0.05, 0) is 36.8 Å². The van der Waals surface area contributed by atoms with Crippen molar-refractivity contribution >= 4 is 12.1 Å². The van der Waals surface area contributed by atoms with Gasteiger partial charge < -0.3 is 0 Å². The van der Waals surface area contributed by atoms with Gasteiger partial charge >= 0.3 is 0 Å². The average Bonchev–Trinajstić information content (AvgIpc) is 3.01. The minimum Gasteiger partial charge on any atom is -0.267 e. The Morgan fingerprint density at radius 1 is 1.32 bits per heavy atom. The number of benzene rings is 1. The smallest absolute Gasteiger partial charge is 0.267 e. The fourth-order valence-electron chi connectivity index (χ4n) is 2.89. The molecule has 0 saturated heterocycles. The van der Waals surface area contributed by atoms with E-state index in [2.05, 4.69) is 22.7 Å². The van der Waals surface area contributed by atoms with E-state index in [4.69, 9.17) is 0 Å². The van der Waals surface area contributed by atoms with E-state index in [-0.39, 0.29) is 5.56 Å². The summed E-state index contributed by atoms with van der Waals surface area (Å²) in [5.41, 5.74) is 2.41. The van der Waals surface area contributed by atoms with Crippen molar-refractivity contribution in [3.8, 4) is 0 Å². The molecule has 2 aliphatic carbocycles. The summed E-state index contributed by atoms with van der Waals surface area (Å²) in [5, 5.41) is 3.96. The molecular weight excluding hydrogens is 243 g/mol. The van der Waals surface area contributed by atoms with E-state index >= 15 is 0 Å². The summed E-state index contributed by atoms with van der Waals surface area (Å²) in [6.07, 6.45) is 8.56. The van der Waals surface area contributed by atoms with Gasteiger partial charge in [0.25, 0.3) is 5.91 Å². The zero-order valence-corrected chi connectivity index (χ0v) is 10.4. The number of hydrogen-bond acceptors (Lipinski definition) is 2. The predicted molar refractivity (Wildman–Crippen MR) is 71.2 cm³/mol. The SMILES string of the molecule is O=C(N/N=C\[C@@H]1C[C@H]2C=C[C@H]1C2)c1ccccc1F. The lowest BCUT2D eigenvalue weighted by Crippen LogP contribution is -2.20. The summed E-state index contributed by atoms with van der Waals surface area (Å²) >= 11 is 0. The van der Waals surface area contributed by atoms with E-state index in [1.165, 1.54) is 18.6 Å². The maximum absolute atomic E-state index is 13.4. The molecule has 3 nitrogen and oxygen atoms in total. The summed E-state index contributed by atoms with van der Waals surface area (Å²) in [5.74, 6) is 0.588. The molecule has 1 N–H and O–H groups in total. The number of carbonyl (C=O) groups is 1. The van der Waals surface area contributed by atoms with Gasteiger partial charge in [0.15, 0.2) is 0 Å². The molecule has 1 amide bonds. The molecule has 0 unspecified atom stereocenters. The van der Waals surface area contributed by atoms with Crippen LogP contribution in [0.1, 0.15) is 23.2 Å². The monoisotopic (exact) mass is 258 g/mol. The van der Waals surface area contributed by atoms with E-state index in [9.17, 15) is 9.18 Å². The highest BCUT2D eigenvalue weighted by Crippen LogP contribution is 2.42. The highest BCUT2D eigenvalue weighted by Gasteiger charge is 2.34. The maximum atomic E-state index is 13.4. The van der Waals surface area contributed by atoms with Crippen molar-refractivity contribution in [3.63, 3.8) is 0 Å². The van der Waals surface area contributed by atoms with Gasteiger partial charge in [-0.15, -0.1) is 0 Å². The number of amides is 1. The predicted octanol–water partition coefficient (Wildman–Crippen LogP) is 2.75. The fourth-order valence-corrected chi connectivity index (χ4v) is 2.89. The molecule has 3 atom stereocenters. The number of hydrogen-bond donors (Lipinski definition) is 1. The third-order valence-corrected chi connectivity index (χ3v) is 3.88. The van der Waals surface area contributed by atoms with Crippen LogP contribution in [0.2, 0.25) is 0 Å². The molecule has 4 heteroatoms. The molecule has 0 aromatic heterocycles. The number of nitrogens with zero attached hydrogens (tertiary/aromatic N) is 1. The van der Waals surface area contributed by atoms with Crippen LogP contribution in [-0.4, -0.2) is 12.1 Å². The van der Waals surface area contributed by atoms with Crippen LogP contribution in [0.15, 0.2) is 41.5 Å². The molecule has 1 saturated carbocycles. The number of carbonyl (C=O) groups excluding carboxylic acids is 1. The lowest BCUT2D eigenvalue weighted by Gasteiger charge is -2.11. The quantitative estimate of drug-likeness (QED) is 0.505. The fraction of sp³-hybridized carbons (Fsp3) is 0.333. The molecule has 0 spiro atoms. The first-order valence-corrected chi connectivity index (χ1v) is 6.50. The molecule has 1 fully saturated rings. The Hall–Kier alpha value is -1.97. The Morgan fingerprint density at radius 3 is 2.84 bits per heavy atom. The van der Waals surface area contributed by atoms with Crippen molar-refractivity contribution in [3.05, 3.63) is 47.8 Å². The first-order chi connectivity index (χ1) is 9.24. The minimum absolute atomic E-state index is 0.0208. The molecule has 2 aliphatic rings. The molecule has 98 valence electrons. The number of rotatable bonds is 3. The average molecular weight is 258 g/mol. The second-order valence-corrected chi connectivity index (χ2v) is 5.14. The third kappa shape index (κ3) is 2.43. The first kappa shape index (κ1) is 12.1. The molecule has 19 heavy (non-hydrogen) atoms. The van der Waals surface area contributed by atoms with Crippen LogP contribution in [0, 0.1) is 23.6 Å². The van der Waals surface area contributed by atoms with Crippen LogP contribution in [0.4, 0.5) is 4.39 Å². The Bertz CT molecular complexity index is 553. The van der Waals surface area contributed by atoms with E-state index < -0.39 is 11.7 Å². The molecule has 0 heterocycles. The van der Waals surface area contributed by atoms with Crippen molar-refractivity contribution in [1.29, 1.82) is 0 Å². The van der Waals surface area contributed by atoms with Crippen LogP contribution >= 0.6 is 0 Å². The zero-order chi connectivity index (χ0) is 13.2.